The molecule has 11 heteroatoms. The minimum atomic E-state index is -4.36. The number of aryl methyl sites for hydroxylation is 1. The van der Waals surface area contributed by atoms with E-state index in [0.29, 0.717) is 22.4 Å². The summed E-state index contributed by atoms with van der Waals surface area (Å²) in [6.45, 7) is 2.61. The second-order valence-electron chi connectivity index (χ2n) is 7.98. The molecule has 32 heavy (non-hydrogen) atoms. The summed E-state index contributed by atoms with van der Waals surface area (Å²) in [4.78, 5) is 4.13. The van der Waals surface area contributed by atoms with Crippen molar-refractivity contribution in [1.82, 2.24) is 9.71 Å². The molecular weight excluding hydrogens is 447 g/mol. The molecule has 0 spiro atoms. The Morgan fingerprint density at radius 1 is 1.19 bits per heavy atom. The first kappa shape index (κ1) is 22.3. The number of anilines is 1. The third-order valence-corrected chi connectivity index (χ3v) is 7.05. The highest BCUT2D eigenvalue weighted by molar-refractivity contribution is 7.92. The van der Waals surface area contributed by atoms with Gasteiger partial charge in [0.1, 0.15) is 17.8 Å². The molecule has 172 valence electrons. The number of halogens is 3. The fourth-order valence-electron chi connectivity index (χ4n) is 3.50. The molecule has 0 saturated heterocycles. The largest absolute Gasteiger partial charge is 0.492 e. The highest BCUT2D eigenvalue weighted by Crippen LogP contribution is 2.57. The predicted octanol–water partition coefficient (Wildman–Crippen LogP) is 4.68. The molecule has 7 nitrogen and oxygen atoms in total. The van der Waals surface area contributed by atoms with Crippen LogP contribution in [0.5, 0.6) is 5.75 Å². The van der Waals surface area contributed by atoms with Gasteiger partial charge in [-0.25, -0.2) is 13.4 Å². The van der Waals surface area contributed by atoms with Crippen LogP contribution in [0.3, 0.4) is 0 Å². The summed E-state index contributed by atoms with van der Waals surface area (Å²) >= 11 is 0. The van der Waals surface area contributed by atoms with Crippen LogP contribution in [0, 0.1) is 12.3 Å². The van der Waals surface area contributed by atoms with E-state index in [9.17, 15) is 26.8 Å². The zero-order chi connectivity index (χ0) is 23.3. The van der Waals surface area contributed by atoms with Gasteiger partial charge in [-0.1, -0.05) is 0 Å². The van der Waals surface area contributed by atoms with Crippen molar-refractivity contribution in [3.63, 3.8) is 0 Å². The Labute approximate surface area is 183 Å². The number of ether oxygens (including phenoxy) is 1. The second kappa shape index (κ2) is 7.58. The van der Waals surface area contributed by atoms with Crippen LogP contribution < -0.4 is 9.46 Å². The van der Waals surface area contributed by atoms with Crippen molar-refractivity contribution in [2.24, 2.45) is 5.41 Å². The van der Waals surface area contributed by atoms with Crippen LogP contribution in [0.2, 0.25) is 0 Å². The first-order valence-electron chi connectivity index (χ1n) is 9.97. The third kappa shape index (κ3) is 3.96. The van der Waals surface area contributed by atoms with Crippen molar-refractivity contribution in [3.05, 3.63) is 42.2 Å². The zero-order valence-electron chi connectivity index (χ0n) is 17.4. The maximum Gasteiger partial charge on any atom is 0.397 e. The Hall–Kier alpha value is -2.95. The van der Waals surface area contributed by atoms with E-state index in [-0.39, 0.29) is 35.9 Å². The quantitative estimate of drug-likeness (QED) is 0.490. The van der Waals surface area contributed by atoms with Gasteiger partial charge in [-0.05, 0) is 62.6 Å². The summed E-state index contributed by atoms with van der Waals surface area (Å²) in [5, 5.41) is 10.2. The number of hydrogen-bond acceptors (Lipinski definition) is 5. The van der Waals surface area contributed by atoms with E-state index in [4.69, 9.17) is 4.74 Å². The Bertz CT molecular complexity index is 1230. The van der Waals surface area contributed by atoms with Crippen molar-refractivity contribution < 1.29 is 31.5 Å². The van der Waals surface area contributed by atoms with Crippen molar-refractivity contribution in [3.8, 4) is 28.3 Å². The Kier molecular flexibility index (Phi) is 5.27. The van der Waals surface area contributed by atoms with Gasteiger partial charge in [-0.3, -0.25) is 4.72 Å². The van der Waals surface area contributed by atoms with E-state index >= 15 is 0 Å². The van der Waals surface area contributed by atoms with Crippen molar-refractivity contribution in [1.29, 1.82) is 0 Å². The zero-order valence-corrected chi connectivity index (χ0v) is 18.2. The lowest BCUT2D eigenvalue weighted by atomic mass is 9.98. The van der Waals surface area contributed by atoms with Gasteiger partial charge >= 0.3 is 6.18 Å². The molecule has 3 aliphatic rings. The second-order valence-corrected chi connectivity index (χ2v) is 9.99. The first-order valence-corrected chi connectivity index (χ1v) is 11.6. The molecule has 2 aliphatic heterocycles. The van der Waals surface area contributed by atoms with Crippen LogP contribution in [-0.4, -0.2) is 41.9 Å². The van der Waals surface area contributed by atoms with Gasteiger partial charge in [-0.15, -0.1) is 0 Å². The standard InChI is InChI=1S/C21H22F3N3O4S/c1-3-32(29,30)26-14-4-5-18(31-12-20(7-8-20)21(22,23)24)17(11-14)16-10-13(2)27(28)19-15(16)6-9-25-19/h4-6,9-11,26,28H,3,7-8,12H2,1-2H3. The van der Waals surface area contributed by atoms with Crippen LogP contribution in [0.25, 0.3) is 22.5 Å². The Morgan fingerprint density at radius 2 is 1.91 bits per heavy atom. The summed E-state index contributed by atoms with van der Waals surface area (Å²) in [6.07, 6.45) is -2.86. The molecule has 1 aromatic rings. The monoisotopic (exact) mass is 469 g/mol. The van der Waals surface area contributed by atoms with Gasteiger partial charge in [0.25, 0.3) is 0 Å². The Morgan fingerprint density at radius 3 is 2.53 bits per heavy atom. The maximum atomic E-state index is 13.4. The van der Waals surface area contributed by atoms with Gasteiger partial charge in [0.05, 0.1) is 11.4 Å². The normalized spacial score (nSPS) is 15.7. The minimum absolute atomic E-state index is 0.00614. The number of nitrogens with one attached hydrogen (secondary N) is 1. The molecule has 1 saturated carbocycles. The summed E-state index contributed by atoms with van der Waals surface area (Å²) < 4.78 is 73.2. The molecule has 1 aromatic carbocycles. The molecule has 2 heterocycles. The first-order chi connectivity index (χ1) is 15.0. The summed E-state index contributed by atoms with van der Waals surface area (Å²) in [7, 11) is -3.57. The average molecular weight is 469 g/mol. The maximum absolute atomic E-state index is 13.4. The number of aromatic nitrogens is 2. The van der Waals surface area contributed by atoms with Gasteiger partial charge in [0, 0.05) is 23.0 Å². The number of sulfonamides is 1. The van der Waals surface area contributed by atoms with Crippen LogP contribution in [0.4, 0.5) is 18.9 Å². The molecule has 1 aliphatic carbocycles. The molecule has 0 radical (unpaired) electrons. The average Bonchev–Trinajstić information content (AvgIpc) is 3.38. The molecule has 0 amide bonds. The van der Waals surface area contributed by atoms with E-state index in [1.54, 1.807) is 19.1 Å². The summed E-state index contributed by atoms with van der Waals surface area (Å²) in [5.41, 5.74) is 0.300. The van der Waals surface area contributed by atoms with Gasteiger partial charge in [0.2, 0.25) is 10.0 Å². The third-order valence-electron chi connectivity index (χ3n) is 5.74. The number of fused-ring (bicyclic) bond motifs is 1. The van der Waals surface area contributed by atoms with Crippen LogP contribution in [0.1, 0.15) is 25.5 Å². The van der Waals surface area contributed by atoms with E-state index < -0.39 is 28.2 Å². The van der Waals surface area contributed by atoms with Gasteiger partial charge in [-0.2, -0.15) is 17.9 Å². The molecule has 0 unspecified atom stereocenters. The molecule has 1 fully saturated rings. The van der Waals surface area contributed by atoms with Crippen LogP contribution in [0.15, 0.2) is 36.5 Å². The number of pyridine rings is 1. The smallest absolute Gasteiger partial charge is 0.397 e. The fourth-order valence-corrected chi connectivity index (χ4v) is 4.13. The molecule has 0 aromatic heterocycles. The molecule has 4 rings (SSSR count). The highest BCUT2D eigenvalue weighted by Gasteiger charge is 2.63. The number of alkyl halides is 3. The highest BCUT2D eigenvalue weighted by atomic mass is 32.2. The van der Waals surface area contributed by atoms with E-state index in [0.717, 1.165) is 4.73 Å². The summed E-state index contributed by atoms with van der Waals surface area (Å²) in [6, 6.07) is 7.70. The van der Waals surface area contributed by atoms with Crippen LogP contribution in [-0.2, 0) is 10.0 Å². The number of benzene rings is 1. The predicted molar refractivity (Wildman–Crippen MR) is 113 cm³/mol. The fraction of sp³-hybridized carbons (Fsp3) is 0.381. The topological polar surface area (TPSA) is 93.5 Å². The minimum Gasteiger partial charge on any atom is -0.492 e. The van der Waals surface area contributed by atoms with Gasteiger partial charge < -0.3 is 9.94 Å². The van der Waals surface area contributed by atoms with Crippen LogP contribution >= 0.6 is 0 Å². The Balaban J connectivity index is 1.80. The molecular formula is C21H22F3N3O4S. The van der Waals surface area contributed by atoms with Crippen molar-refractivity contribution in [2.45, 2.75) is 32.9 Å². The lowest BCUT2D eigenvalue weighted by Crippen LogP contribution is -2.30. The number of rotatable bonds is 7. The number of hydrogen-bond donors (Lipinski definition) is 2. The van der Waals surface area contributed by atoms with E-state index in [2.05, 4.69) is 9.71 Å². The molecule has 2 N–H and O–H groups in total. The van der Waals surface area contributed by atoms with E-state index in [1.807, 2.05) is 0 Å². The lowest BCUT2D eigenvalue weighted by molar-refractivity contribution is -0.194. The van der Waals surface area contributed by atoms with Crippen molar-refractivity contribution in [2.75, 3.05) is 17.1 Å². The molecule has 0 bridgehead atoms. The van der Waals surface area contributed by atoms with Gasteiger partial charge in [0.15, 0.2) is 5.82 Å². The molecule has 0 atom stereocenters. The lowest BCUT2D eigenvalue weighted by Gasteiger charge is -2.22. The SMILES string of the molecule is CCS(=O)(=O)Nc1ccc(OCC2(C(F)(F)F)CC2)c(-c2cc(C)n(O)c3nccc2-3)c1. The summed E-state index contributed by atoms with van der Waals surface area (Å²) in [5.74, 6) is 0.303. The van der Waals surface area contributed by atoms with E-state index in [1.165, 1.54) is 31.3 Å². The number of nitrogens with zero attached hydrogens (tertiary/aromatic N) is 2. The van der Waals surface area contributed by atoms with Crippen molar-refractivity contribution >= 4 is 15.7 Å².